The Hall–Kier alpha value is -3.84. The molecule has 0 unspecified atom stereocenters. The summed E-state index contributed by atoms with van der Waals surface area (Å²) in [5.41, 5.74) is 3.95. The molecule has 1 amide bonds. The highest BCUT2D eigenvalue weighted by Gasteiger charge is 2.25. The molecule has 2 heterocycles. The van der Waals surface area contributed by atoms with E-state index in [4.69, 9.17) is 9.72 Å². The highest BCUT2D eigenvalue weighted by molar-refractivity contribution is 7.16. The summed E-state index contributed by atoms with van der Waals surface area (Å²) >= 11 is 1.55. The number of hydrogen-bond acceptors (Lipinski definition) is 6. The average Bonchev–Trinajstić information content (AvgIpc) is 3.31. The van der Waals surface area contributed by atoms with Crippen molar-refractivity contribution in [1.82, 2.24) is 9.88 Å². The Morgan fingerprint density at radius 1 is 0.914 bits per heavy atom. The molecule has 0 aliphatic carbocycles. The molecule has 4 aromatic rings. The molecular formula is C28H28N4O2S. The largest absolute Gasteiger partial charge is 0.495 e. The smallest absolute Gasteiger partial charge is 0.228 e. The van der Waals surface area contributed by atoms with Gasteiger partial charge < -0.3 is 19.9 Å². The first-order valence-corrected chi connectivity index (χ1v) is 12.6. The second kappa shape index (κ2) is 10.6. The molecule has 5 rings (SSSR count). The van der Waals surface area contributed by atoms with Gasteiger partial charge in [-0.15, -0.1) is 11.3 Å². The van der Waals surface area contributed by atoms with Crippen LogP contribution in [0.15, 0.2) is 84.9 Å². The Kier molecular flexibility index (Phi) is 6.95. The van der Waals surface area contributed by atoms with Gasteiger partial charge in [0.15, 0.2) is 5.13 Å². The maximum absolute atomic E-state index is 13.3. The number of piperazine rings is 1. The molecular weight excluding hydrogens is 456 g/mol. The lowest BCUT2D eigenvalue weighted by atomic mass is 10.1. The van der Waals surface area contributed by atoms with E-state index in [-0.39, 0.29) is 5.91 Å². The number of carbonyl (C=O) groups is 1. The molecule has 0 radical (unpaired) electrons. The van der Waals surface area contributed by atoms with Crippen LogP contribution >= 0.6 is 11.3 Å². The number of rotatable bonds is 7. The van der Waals surface area contributed by atoms with Crippen LogP contribution in [0.25, 0.3) is 11.3 Å². The molecule has 0 bridgehead atoms. The van der Waals surface area contributed by atoms with E-state index >= 15 is 0 Å². The summed E-state index contributed by atoms with van der Waals surface area (Å²) in [7, 11) is 1.69. The number of methoxy groups -OCH3 is 1. The molecule has 1 fully saturated rings. The Balaban J connectivity index is 1.30. The molecule has 1 N–H and O–H groups in total. The van der Waals surface area contributed by atoms with Gasteiger partial charge in [0.1, 0.15) is 5.75 Å². The molecule has 1 saturated heterocycles. The molecule has 3 aromatic carbocycles. The number of thiazole rings is 1. The van der Waals surface area contributed by atoms with Gasteiger partial charge in [0.2, 0.25) is 5.91 Å². The van der Waals surface area contributed by atoms with E-state index < -0.39 is 0 Å². The van der Waals surface area contributed by atoms with Crippen LogP contribution in [0, 0.1) is 0 Å². The van der Waals surface area contributed by atoms with Crippen molar-refractivity contribution in [2.75, 3.05) is 43.5 Å². The standard InChI is InChI=1S/C28H28N4O2S/c1-34-24-15-9-8-14-23(24)31-16-18-32(19-17-31)26(33)20-25-27(21-10-4-2-5-11-21)30-28(35-25)29-22-12-6-3-7-13-22/h2-15H,16-20H2,1H3,(H,29,30). The molecule has 6 nitrogen and oxygen atoms in total. The zero-order valence-electron chi connectivity index (χ0n) is 19.7. The number of ether oxygens (including phenoxy) is 1. The van der Waals surface area contributed by atoms with E-state index in [1.165, 1.54) is 0 Å². The number of hydrogen-bond donors (Lipinski definition) is 1. The van der Waals surface area contributed by atoms with Crippen LogP contribution in [0.1, 0.15) is 4.88 Å². The molecule has 1 aromatic heterocycles. The van der Waals surface area contributed by atoms with Crippen LogP contribution in [-0.2, 0) is 11.2 Å². The van der Waals surface area contributed by atoms with Crippen molar-refractivity contribution in [2.24, 2.45) is 0 Å². The number of nitrogens with one attached hydrogen (secondary N) is 1. The van der Waals surface area contributed by atoms with Gasteiger partial charge in [-0.05, 0) is 24.3 Å². The monoisotopic (exact) mass is 484 g/mol. The third-order valence-electron chi connectivity index (χ3n) is 6.14. The van der Waals surface area contributed by atoms with Gasteiger partial charge in [0, 0.05) is 42.3 Å². The Morgan fingerprint density at radius 2 is 1.57 bits per heavy atom. The van der Waals surface area contributed by atoms with Gasteiger partial charge in [-0.3, -0.25) is 4.79 Å². The molecule has 0 atom stereocenters. The lowest BCUT2D eigenvalue weighted by Gasteiger charge is -2.36. The molecule has 0 spiro atoms. The normalized spacial score (nSPS) is 13.5. The predicted octanol–water partition coefficient (Wildman–Crippen LogP) is 5.45. The van der Waals surface area contributed by atoms with Crippen LogP contribution in [0.2, 0.25) is 0 Å². The van der Waals surface area contributed by atoms with Crippen LogP contribution in [0.3, 0.4) is 0 Å². The van der Waals surface area contributed by atoms with E-state index in [1.807, 2.05) is 83.8 Å². The quantitative estimate of drug-likeness (QED) is 0.378. The van der Waals surface area contributed by atoms with Crippen molar-refractivity contribution in [1.29, 1.82) is 0 Å². The fourth-order valence-electron chi connectivity index (χ4n) is 4.33. The second-order valence-electron chi connectivity index (χ2n) is 8.36. The van der Waals surface area contributed by atoms with Crippen LogP contribution < -0.4 is 15.0 Å². The molecule has 7 heteroatoms. The van der Waals surface area contributed by atoms with Gasteiger partial charge >= 0.3 is 0 Å². The summed E-state index contributed by atoms with van der Waals surface area (Å²) in [6, 6.07) is 28.1. The van der Waals surface area contributed by atoms with Gasteiger partial charge in [0.25, 0.3) is 0 Å². The van der Waals surface area contributed by atoms with Crippen molar-refractivity contribution in [3.8, 4) is 17.0 Å². The Labute approximate surface area is 209 Å². The summed E-state index contributed by atoms with van der Waals surface area (Å²) < 4.78 is 5.52. The zero-order valence-corrected chi connectivity index (χ0v) is 20.5. The average molecular weight is 485 g/mol. The van der Waals surface area contributed by atoms with Gasteiger partial charge in [-0.25, -0.2) is 4.98 Å². The van der Waals surface area contributed by atoms with Crippen LogP contribution in [-0.4, -0.2) is 49.1 Å². The maximum Gasteiger partial charge on any atom is 0.228 e. The molecule has 1 aliphatic heterocycles. The van der Waals surface area contributed by atoms with E-state index in [9.17, 15) is 4.79 Å². The fraction of sp³-hybridized carbons (Fsp3) is 0.214. The molecule has 178 valence electrons. The lowest BCUT2D eigenvalue weighted by Crippen LogP contribution is -2.49. The van der Waals surface area contributed by atoms with Crippen LogP contribution in [0.4, 0.5) is 16.5 Å². The number of benzene rings is 3. The first-order chi connectivity index (χ1) is 17.2. The molecule has 1 aliphatic rings. The number of nitrogens with zero attached hydrogens (tertiary/aromatic N) is 3. The topological polar surface area (TPSA) is 57.7 Å². The van der Waals surface area contributed by atoms with E-state index in [1.54, 1.807) is 18.4 Å². The highest BCUT2D eigenvalue weighted by atomic mass is 32.1. The molecule has 35 heavy (non-hydrogen) atoms. The number of para-hydroxylation sites is 3. The van der Waals surface area contributed by atoms with Crippen molar-refractivity contribution in [2.45, 2.75) is 6.42 Å². The second-order valence-corrected chi connectivity index (χ2v) is 9.45. The van der Waals surface area contributed by atoms with Gasteiger partial charge in [0.05, 0.1) is 24.9 Å². The van der Waals surface area contributed by atoms with Crippen molar-refractivity contribution in [3.05, 3.63) is 89.8 Å². The van der Waals surface area contributed by atoms with Crippen molar-refractivity contribution in [3.63, 3.8) is 0 Å². The summed E-state index contributed by atoms with van der Waals surface area (Å²) in [4.78, 5) is 23.4. The van der Waals surface area contributed by atoms with Crippen molar-refractivity contribution >= 4 is 33.8 Å². The summed E-state index contributed by atoms with van der Waals surface area (Å²) in [6.07, 6.45) is 0.340. The minimum Gasteiger partial charge on any atom is -0.495 e. The number of amides is 1. The van der Waals surface area contributed by atoms with E-state index in [0.29, 0.717) is 19.5 Å². The number of carbonyl (C=O) groups excluding carboxylic acids is 1. The Bertz CT molecular complexity index is 1270. The minimum atomic E-state index is 0.136. The van der Waals surface area contributed by atoms with Crippen molar-refractivity contribution < 1.29 is 9.53 Å². The first kappa shape index (κ1) is 22.9. The highest BCUT2D eigenvalue weighted by Crippen LogP contribution is 2.34. The Morgan fingerprint density at radius 3 is 2.29 bits per heavy atom. The SMILES string of the molecule is COc1ccccc1N1CCN(C(=O)Cc2sc(Nc3ccccc3)nc2-c2ccccc2)CC1. The molecule has 0 saturated carbocycles. The minimum absolute atomic E-state index is 0.136. The van der Waals surface area contributed by atoms with Gasteiger partial charge in [-0.2, -0.15) is 0 Å². The summed E-state index contributed by atoms with van der Waals surface area (Å²) in [5.74, 6) is 1.000. The number of aromatic nitrogens is 1. The third kappa shape index (κ3) is 5.30. The summed E-state index contributed by atoms with van der Waals surface area (Å²) in [5, 5.41) is 4.18. The van der Waals surface area contributed by atoms with Crippen LogP contribution in [0.5, 0.6) is 5.75 Å². The zero-order chi connectivity index (χ0) is 24.0. The maximum atomic E-state index is 13.3. The summed E-state index contributed by atoms with van der Waals surface area (Å²) in [6.45, 7) is 2.93. The van der Waals surface area contributed by atoms with E-state index in [2.05, 4.69) is 16.3 Å². The predicted molar refractivity (Wildman–Crippen MR) is 143 cm³/mol. The van der Waals surface area contributed by atoms with Gasteiger partial charge in [-0.1, -0.05) is 60.7 Å². The number of anilines is 3. The lowest BCUT2D eigenvalue weighted by molar-refractivity contribution is -0.130. The van der Waals surface area contributed by atoms with E-state index in [0.717, 1.165) is 51.5 Å². The third-order valence-corrected chi connectivity index (χ3v) is 7.11. The first-order valence-electron chi connectivity index (χ1n) is 11.7. The fourth-order valence-corrected chi connectivity index (χ4v) is 5.32.